The topological polar surface area (TPSA) is 24.9 Å². The number of benzene rings is 1. The summed E-state index contributed by atoms with van der Waals surface area (Å²) in [6.45, 7) is 2.26. The van der Waals surface area contributed by atoms with Crippen molar-refractivity contribution in [2.45, 2.75) is 44.8 Å². The highest BCUT2D eigenvalue weighted by Crippen LogP contribution is 2.35. The summed E-state index contributed by atoms with van der Waals surface area (Å²) in [7, 11) is 0. The standard InChI is InChI=1S/C15H17F3N2S/c1-9-2-5-11(6-3-9)19-14-20-12-8-10(15(16,17)18)4-7-13(12)21-14/h4,7-9,11H,2-3,5-6H2,1H3,(H,19,20). The van der Waals surface area contributed by atoms with E-state index in [0.717, 1.165) is 40.7 Å². The van der Waals surface area contributed by atoms with Gasteiger partial charge in [-0.05, 0) is 49.8 Å². The molecule has 1 heterocycles. The Morgan fingerprint density at radius 2 is 1.90 bits per heavy atom. The second-order valence-corrected chi connectivity index (χ2v) is 6.83. The third-order valence-corrected chi connectivity index (χ3v) is 5.03. The van der Waals surface area contributed by atoms with Crippen LogP contribution in [-0.4, -0.2) is 11.0 Å². The van der Waals surface area contributed by atoms with Gasteiger partial charge in [0.1, 0.15) is 0 Å². The monoisotopic (exact) mass is 314 g/mol. The molecule has 6 heteroatoms. The van der Waals surface area contributed by atoms with Gasteiger partial charge in [-0.25, -0.2) is 4.98 Å². The summed E-state index contributed by atoms with van der Waals surface area (Å²) >= 11 is 1.42. The average Bonchev–Trinajstić information content (AvgIpc) is 2.81. The number of thiazole rings is 1. The van der Waals surface area contributed by atoms with Gasteiger partial charge in [-0.3, -0.25) is 0 Å². The summed E-state index contributed by atoms with van der Waals surface area (Å²) in [5.74, 6) is 0.771. The largest absolute Gasteiger partial charge is 0.416 e. The highest BCUT2D eigenvalue weighted by molar-refractivity contribution is 7.22. The zero-order valence-electron chi connectivity index (χ0n) is 11.7. The van der Waals surface area contributed by atoms with E-state index in [1.165, 1.54) is 30.2 Å². The van der Waals surface area contributed by atoms with Crippen LogP contribution in [0.2, 0.25) is 0 Å². The molecule has 1 aromatic carbocycles. The van der Waals surface area contributed by atoms with Gasteiger partial charge in [0.15, 0.2) is 5.13 Å². The van der Waals surface area contributed by atoms with Crippen LogP contribution in [0.25, 0.3) is 10.2 Å². The number of fused-ring (bicyclic) bond motifs is 1. The Balaban J connectivity index is 1.78. The number of rotatable bonds is 2. The molecule has 1 aromatic heterocycles. The number of nitrogens with one attached hydrogen (secondary N) is 1. The van der Waals surface area contributed by atoms with Gasteiger partial charge < -0.3 is 5.32 Å². The minimum absolute atomic E-state index is 0.392. The Morgan fingerprint density at radius 3 is 2.57 bits per heavy atom. The SMILES string of the molecule is CC1CCC(Nc2nc3cc(C(F)(F)F)ccc3s2)CC1. The van der Waals surface area contributed by atoms with E-state index >= 15 is 0 Å². The molecule has 0 amide bonds. The van der Waals surface area contributed by atoms with Gasteiger partial charge in [0.05, 0.1) is 15.8 Å². The lowest BCUT2D eigenvalue weighted by molar-refractivity contribution is -0.137. The molecular weight excluding hydrogens is 297 g/mol. The van der Waals surface area contributed by atoms with Crippen molar-refractivity contribution in [3.05, 3.63) is 23.8 Å². The number of nitrogens with zero attached hydrogens (tertiary/aromatic N) is 1. The molecule has 2 nitrogen and oxygen atoms in total. The highest BCUT2D eigenvalue weighted by Gasteiger charge is 2.30. The Morgan fingerprint density at radius 1 is 1.19 bits per heavy atom. The van der Waals surface area contributed by atoms with Crippen molar-refractivity contribution in [2.24, 2.45) is 5.92 Å². The lowest BCUT2D eigenvalue weighted by atomic mass is 9.87. The minimum Gasteiger partial charge on any atom is -0.359 e. The average molecular weight is 314 g/mol. The Bertz CT molecular complexity index is 627. The van der Waals surface area contributed by atoms with Gasteiger partial charge >= 0.3 is 6.18 Å². The summed E-state index contributed by atoms with van der Waals surface area (Å²) in [5.41, 5.74) is -0.222. The van der Waals surface area contributed by atoms with Crippen molar-refractivity contribution in [3.63, 3.8) is 0 Å². The second kappa shape index (κ2) is 5.48. The van der Waals surface area contributed by atoms with E-state index in [4.69, 9.17) is 0 Å². The first-order chi connectivity index (χ1) is 9.91. The van der Waals surface area contributed by atoms with Crippen LogP contribution in [0.5, 0.6) is 0 Å². The number of hydrogen-bond donors (Lipinski definition) is 1. The van der Waals surface area contributed by atoms with Crippen molar-refractivity contribution in [1.29, 1.82) is 0 Å². The summed E-state index contributed by atoms with van der Waals surface area (Å²) in [6, 6.07) is 4.14. The van der Waals surface area contributed by atoms with Crippen molar-refractivity contribution in [3.8, 4) is 0 Å². The van der Waals surface area contributed by atoms with Crippen LogP contribution in [0.4, 0.5) is 18.3 Å². The van der Waals surface area contributed by atoms with E-state index in [-0.39, 0.29) is 0 Å². The van der Waals surface area contributed by atoms with Crippen LogP contribution in [0.15, 0.2) is 18.2 Å². The molecule has 3 rings (SSSR count). The van der Waals surface area contributed by atoms with Gasteiger partial charge in [-0.2, -0.15) is 13.2 Å². The molecule has 0 radical (unpaired) electrons. The zero-order valence-corrected chi connectivity index (χ0v) is 12.5. The normalized spacial score (nSPS) is 23.4. The first kappa shape index (κ1) is 14.6. The van der Waals surface area contributed by atoms with Crippen LogP contribution in [0, 0.1) is 5.92 Å². The fourth-order valence-electron chi connectivity index (χ4n) is 2.74. The van der Waals surface area contributed by atoms with Gasteiger partial charge in [0.2, 0.25) is 0 Å². The molecule has 1 fully saturated rings. The molecule has 0 spiro atoms. The molecule has 1 saturated carbocycles. The molecule has 0 saturated heterocycles. The van der Waals surface area contributed by atoms with Crippen LogP contribution < -0.4 is 5.32 Å². The molecule has 0 aliphatic heterocycles. The summed E-state index contributed by atoms with van der Waals surface area (Å²) in [4.78, 5) is 4.31. The quantitative estimate of drug-likeness (QED) is 0.813. The molecule has 1 aliphatic rings. The molecule has 1 N–H and O–H groups in total. The molecular formula is C15H17F3N2S. The molecule has 0 atom stereocenters. The van der Waals surface area contributed by atoms with E-state index in [9.17, 15) is 13.2 Å². The summed E-state index contributed by atoms with van der Waals surface area (Å²) in [6.07, 6.45) is 0.280. The lowest BCUT2D eigenvalue weighted by Crippen LogP contribution is -2.24. The highest BCUT2D eigenvalue weighted by atomic mass is 32.1. The second-order valence-electron chi connectivity index (χ2n) is 5.80. The maximum absolute atomic E-state index is 12.7. The molecule has 2 aromatic rings. The van der Waals surface area contributed by atoms with Gasteiger partial charge in [-0.15, -0.1) is 0 Å². The zero-order chi connectivity index (χ0) is 15.0. The summed E-state index contributed by atoms with van der Waals surface area (Å²) in [5, 5.41) is 4.10. The van der Waals surface area contributed by atoms with Crippen LogP contribution in [0.3, 0.4) is 0 Å². The first-order valence-corrected chi connectivity index (χ1v) is 7.98. The van der Waals surface area contributed by atoms with E-state index in [2.05, 4.69) is 17.2 Å². The fraction of sp³-hybridized carbons (Fsp3) is 0.533. The molecule has 114 valence electrons. The third-order valence-electron chi connectivity index (χ3n) is 4.06. The van der Waals surface area contributed by atoms with Crippen LogP contribution >= 0.6 is 11.3 Å². The van der Waals surface area contributed by atoms with Crippen LogP contribution in [0.1, 0.15) is 38.2 Å². The minimum atomic E-state index is -4.31. The lowest BCUT2D eigenvalue weighted by Gasteiger charge is -2.26. The van der Waals surface area contributed by atoms with Crippen LogP contribution in [-0.2, 0) is 6.18 Å². The van der Waals surface area contributed by atoms with Crippen molar-refractivity contribution < 1.29 is 13.2 Å². The predicted molar refractivity (Wildman–Crippen MR) is 79.7 cm³/mol. The molecule has 0 bridgehead atoms. The van der Waals surface area contributed by atoms with E-state index < -0.39 is 11.7 Å². The third kappa shape index (κ3) is 3.31. The molecule has 0 unspecified atom stereocenters. The van der Waals surface area contributed by atoms with Crippen molar-refractivity contribution in [2.75, 3.05) is 5.32 Å². The van der Waals surface area contributed by atoms with E-state index in [1.807, 2.05) is 0 Å². The first-order valence-electron chi connectivity index (χ1n) is 7.16. The predicted octanol–water partition coefficient (Wildman–Crippen LogP) is 5.31. The number of hydrogen-bond acceptors (Lipinski definition) is 3. The van der Waals surface area contributed by atoms with Gasteiger partial charge in [0, 0.05) is 6.04 Å². The maximum atomic E-state index is 12.7. The Labute approximate surface area is 125 Å². The number of aromatic nitrogens is 1. The Kier molecular flexibility index (Phi) is 3.82. The maximum Gasteiger partial charge on any atom is 0.416 e. The van der Waals surface area contributed by atoms with Crippen molar-refractivity contribution in [1.82, 2.24) is 4.98 Å². The molecule has 1 aliphatic carbocycles. The van der Waals surface area contributed by atoms with E-state index in [1.54, 1.807) is 0 Å². The summed E-state index contributed by atoms with van der Waals surface area (Å²) < 4.78 is 38.9. The number of anilines is 1. The van der Waals surface area contributed by atoms with Gasteiger partial charge in [-0.1, -0.05) is 18.3 Å². The van der Waals surface area contributed by atoms with E-state index in [0.29, 0.717) is 11.6 Å². The van der Waals surface area contributed by atoms with Crippen molar-refractivity contribution >= 4 is 26.7 Å². The smallest absolute Gasteiger partial charge is 0.359 e. The number of halogens is 3. The Hall–Kier alpha value is -1.30. The number of alkyl halides is 3. The fourth-order valence-corrected chi connectivity index (χ4v) is 3.67. The molecule has 21 heavy (non-hydrogen) atoms. The van der Waals surface area contributed by atoms with Gasteiger partial charge in [0.25, 0.3) is 0 Å².